The van der Waals surface area contributed by atoms with E-state index in [9.17, 15) is 18.0 Å². The molecule has 9 heteroatoms. The summed E-state index contributed by atoms with van der Waals surface area (Å²) in [6, 6.07) is -0.294. The lowest BCUT2D eigenvalue weighted by Crippen LogP contribution is -2.49. The van der Waals surface area contributed by atoms with E-state index in [0.717, 1.165) is 13.0 Å². The van der Waals surface area contributed by atoms with Crippen molar-refractivity contribution < 1.29 is 27.9 Å². The molecule has 1 rings (SSSR count). The largest absolute Gasteiger partial charge is 0.479 e. The summed E-state index contributed by atoms with van der Waals surface area (Å²) < 4.78 is 36.5. The minimum atomic E-state index is -4.92. The molecule has 0 radical (unpaired) electrons. The van der Waals surface area contributed by atoms with Crippen LogP contribution in [-0.2, 0) is 9.63 Å². The minimum absolute atomic E-state index is 0.294. The van der Waals surface area contributed by atoms with Crippen LogP contribution in [0.1, 0.15) is 12.8 Å². The molecule has 2 unspecified atom stereocenters. The number of carbonyl (C=O) groups is 1. The van der Waals surface area contributed by atoms with Crippen LogP contribution in [0.25, 0.3) is 0 Å². The van der Waals surface area contributed by atoms with E-state index in [4.69, 9.17) is 10.4 Å². The van der Waals surface area contributed by atoms with Crippen molar-refractivity contribution in [2.75, 3.05) is 13.1 Å². The molecule has 0 bridgehead atoms. The molecule has 0 aromatic heterocycles. The number of hydrogen-bond acceptors (Lipinski definition) is 5. The zero-order valence-electron chi connectivity index (χ0n) is 9.41. The SMILES string of the molecule is C#N.O=C(O)C(ONC1CCCNC1)C(F)(F)F. The molecule has 1 aliphatic heterocycles. The zero-order valence-corrected chi connectivity index (χ0v) is 9.41. The molecule has 2 atom stereocenters. The van der Waals surface area contributed by atoms with E-state index in [2.05, 4.69) is 22.2 Å². The summed E-state index contributed by atoms with van der Waals surface area (Å²) >= 11 is 0. The predicted octanol–water partition coefficient (Wildman–Crippen LogP) is 0.415. The van der Waals surface area contributed by atoms with Gasteiger partial charge in [-0.3, -0.25) is 4.84 Å². The van der Waals surface area contributed by atoms with Crippen LogP contribution >= 0.6 is 0 Å². The maximum atomic E-state index is 12.2. The molecule has 0 spiro atoms. The number of carboxylic acids is 1. The van der Waals surface area contributed by atoms with Crippen molar-refractivity contribution in [2.45, 2.75) is 31.2 Å². The highest BCUT2D eigenvalue weighted by molar-refractivity contribution is 5.73. The van der Waals surface area contributed by atoms with E-state index >= 15 is 0 Å². The molecule has 1 saturated heterocycles. The molecule has 3 N–H and O–H groups in total. The fourth-order valence-electron chi connectivity index (χ4n) is 1.37. The van der Waals surface area contributed by atoms with Gasteiger partial charge in [-0.25, -0.2) is 10.1 Å². The second-order valence-corrected chi connectivity index (χ2v) is 3.54. The van der Waals surface area contributed by atoms with E-state index in [-0.39, 0.29) is 6.04 Å². The van der Waals surface area contributed by atoms with Crippen LogP contribution in [0.4, 0.5) is 13.2 Å². The first-order chi connectivity index (χ1) is 8.41. The van der Waals surface area contributed by atoms with Crippen molar-refractivity contribution >= 4 is 5.97 Å². The van der Waals surface area contributed by atoms with Gasteiger partial charge in [0.2, 0.25) is 0 Å². The molecule has 104 valence electrons. The maximum Gasteiger partial charge on any atom is 0.427 e. The van der Waals surface area contributed by atoms with Gasteiger partial charge in [-0.2, -0.15) is 18.7 Å². The van der Waals surface area contributed by atoms with Crippen LogP contribution in [0.3, 0.4) is 0 Å². The third-order valence-corrected chi connectivity index (χ3v) is 2.17. The smallest absolute Gasteiger partial charge is 0.427 e. The highest BCUT2D eigenvalue weighted by Crippen LogP contribution is 2.22. The van der Waals surface area contributed by atoms with E-state index in [0.29, 0.717) is 13.0 Å². The number of halogens is 3. The Bertz CT molecular complexity index is 277. The number of alkyl halides is 3. The van der Waals surface area contributed by atoms with Crippen molar-refractivity contribution in [3.05, 3.63) is 0 Å². The maximum absolute atomic E-state index is 12.2. The molecule has 1 fully saturated rings. The molecule has 0 amide bonds. The Morgan fingerprint density at radius 3 is 2.56 bits per heavy atom. The van der Waals surface area contributed by atoms with Crippen molar-refractivity contribution in [1.82, 2.24) is 10.8 Å². The monoisotopic (exact) mass is 269 g/mol. The van der Waals surface area contributed by atoms with Gasteiger partial charge in [-0.1, -0.05) is 0 Å². The lowest BCUT2D eigenvalue weighted by molar-refractivity contribution is -0.244. The Labute approximate surface area is 102 Å². The summed E-state index contributed by atoms with van der Waals surface area (Å²) in [7, 11) is 0. The summed E-state index contributed by atoms with van der Waals surface area (Å²) in [5.74, 6) is -2.05. The van der Waals surface area contributed by atoms with Gasteiger partial charge in [0.1, 0.15) is 0 Å². The average molecular weight is 269 g/mol. The average Bonchev–Trinajstić information content (AvgIpc) is 2.31. The summed E-state index contributed by atoms with van der Waals surface area (Å²) in [6.07, 6.45) is -6.28. The number of aliphatic carboxylic acids is 1. The summed E-state index contributed by atoms with van der Waals surface area (Å²) in [5, 5.41) is 17.8. The first kappa shape index (κ1) is 16.6. The standard InChI is InChI=1S/C8H13F3N2O3.CHN/c9-8(10,11)6(7(14)15)16-13-5-2-1-3-12-4-5;1-2/h5-6,12-13H,1-4H2,(H,14,15);1H. The van der Waals surface area contributed by atoms with Gasteiger partial charge >= 0.3 is 12.1 Å². The number of rotatable bonds is 4. The van der Waals surface area contributed by atoms with Gasteiger partial charge in [0.15, 0.2) is 0 Å². The number of hydrogen-bond donors (Lipinski definition) is 3. The molecule has 18 heavy (non-hydrogen) atoms. The lowest BCUT2D eigenvalue weighted by Gasteiger charge is -2.25. The summed E-state index contributed by atoms with van der Waals surface area (Å²) in [6.45, 7) is 4.77. The number of nitrogens with one attached hydrogen (secondary N) is 2. The van der Waals surface area contributed by atoms with Crippen molar-refractivity contribution in [3.8, 4) is 6.57 Å². The lowest BCUT2D eigenvalue weighted by atomic mass is 10.1. The van der Waals surface area contributed by atoms with Gasteiger partial charge in [0, 0.05) is 19.2 Å². The molecule has 0 aromatic carbocycles. The van der Waals surface area contributed by atoms with Crippen LogP contribution in [0.15, 0.2) is 0 Å². The van der Waals surface area contributed by atoms with Crippen LogP contribution in [-0.4, -0.2) is 42.5 Å². The van der Waals surface area contributed by atoms with Crippen molar-refractivity contribution in [2.24, 2.45) is 0 Å². The molecule has 1 aliphatic rings. The Balaban J connectivity index is 0.00000137. The zero-order chi connectivity index (χ0) is 14.2. The van der Waals surface area contributed by atoms with Gasteiger partial charge in [0.25, 0.3) is 6.10 Å². The minimum Gasteiger partial charge on any atom is -0.479 e. The van der Waals surface area contributed by atoms with E-state index < -0.39 is 18.2 Å². The van der Waals surface area contributed by atoms with E-state index in [1.165, 1.54) is 0 Å². The van der Waals surface area contributed by atoms with Crippen LogP contribution in [0, 0.1) is 11.8 Å². The molecule has 0 aliphatic carbocycles. The Morgan fingerprint density at radius 1 is 1.56 bits per heavy atom. The third-order valence-electron chi connectivity index (χ3n) is 2.17. The first-order valence-electron chi connectivity index (χ1n) is 5.08. The molecule has 0 saturated carbocycles. The van der Waals surface area contributed by atoms with Crippen LogP contribution < -0.4 is 10.8 Å². The van der Waals surface area contributed by atoms with E-state index in [1.54, 1.807) is 0 Å². The number of nitriles is 1. The fourth-order valence-corrected chi connectivity index (χ4v) is 1.37. The fraction of sp³-hybridized carbons (Fsp3) is 0.778. The number of hydroxylamine groups is 1. The molecular formula is C9H14F3N3O3. The Kier molecular flexibility index (Phi) is 7.26. The van der Waals surface area contributed by atoms with Gasteiger partial charge in [-0.05, 0) is 19.4 Å². The Morgan fingerprint density at radius 2 is 2.17 bits per heavy atom. The summed E-state index contributed by atoms with van der Waals surface area (Å²) in [5.41, 5.74) is 2.15. The third kappa shape index (κ3) is 5.81. The van der Waals surface area contributed by atoms with Crippen molar-refractivity contribution in [3.63, 3.8) is 0 Å². The van der Waals surface area contributed by atoms with Gasteiger partial charge in [-0.15, -0.1) is 0 Å². The molecular weight excluding hydrogens is 255 g/mol. The second-order valence-electron chi connectivity index (χ2n) is 3.54. The molecule has 6 nitrogen and oxygen atoms in total. The van der Waals surface area contributed by atoms with Crippen LogP contribution in [0.2, 0.25) is 0 Å². The number of nitrogens with zero attached hydrogens (tertiary/aromatic N) is 1. The molecule has 0 aromatic rings. The van der Waals surface area contributed by atoms with E-state index in [1.807, 2.05) is 0 Å². The topological polar surface area (TPSA) is 94.4 Å². The highest BCUT2D eigenvalue weighted by Gasteiger charge is 2.47. The van der Waals surface area contributed by atoms with Gasteiger partial charge in [0.05, 0.1) is 0 Å². The second kappa shape index (κ2) is 7.86. The Hall–Kier alpha value is -1.37. The first-order valence-corrected chi connectivity index (χ1v) is 5.08. The quantitative estimate of drug-likeness (QED) is 0.640. The van der Waals surface area contributed by atoms with Crippen molar-refractivity contribution in [1.29, 1.82) is 5.26 Å². The number of carboxylic acid groups (broad SMARTS) is 1. The normalized spacial score (nSPS) is 21.5. The highest BCUT2D eigenvalue weighted by atomic mass is 19.4. The predicted molar refractivity (Wildman–Crippen MR) is 54.3 cm³/mol. The molecule has 1 heterocycles. The summed E-state index contributed by atoms with van der Waals surface area (Å²) in [4.78, 5) is 14.5. The van der Waals surface area contributed by atoms with Gasteiger partial charge < -0.3 is 10.4 Å². The number of piperidine rings is 1. The van der Waals surface area contributed by atoms with Crippen LogP contribution in [0.5, 0.6) is 0 Å².